The number of aromatic nitrogens is 1. The number of benzene rings is 1. The van der Waals surface area contributed by atoms with E-state index >= 15 is 0 Å². The van der Waals surface area contributed by atoms with Gasteiger partial charge in [0.25, 0.3) is 0 Å². The molecule has 0 aliphatic heterocycles. The fraction of sp³-hybridized carbons (Fsp3) is 0.357. The van der Waals surface area contributed by atoms with Crippen LogP contribution in [0.1, 0.15) is 11.6 Å². The molecule has 0 aliphatic carbocycles. The van der Waals surface area contributed by atoms with Gasteiger partial charge in [-0.25, -0.2) is 0 Å². The summed E-state index contributed by atoms with van der Waals surface area (Å²) in [7, 11) is 3.25. The van der Waals surface area contributed by atoms with Crippen molar-refractivity contribution < 1.29 is 13.2 Å². The molecule has 0 saturated heterocycles. The Labute approximate surface area is 109 Å². The third-order valence-corrected chi connectivity index (χ3v) is 2.92. The van der Waals surface area contributed by atoms with Gasteiger partial charge in [0.15, 0.2) is 0 Å². The second-order valence-corrected chi connectivity index (χ2v) is 4.79. The van der Waals surface area contributed by atoms with Crippen molar-refractivity contribution in [2.75, 3.05) is 20.6 Å². The lowest BCUT2D eigenvalue weighted by Gasteiger charge is -2.23. The monoisotopic (exact) mass is 268 g/mol. The summed E-state index contributed by atoms with van der Waals surface area (Å²) in [6.07, 6.45) is -4.29. The van der Waals surface area contributed by atoms with Crippen LogP contribution in [-0.2, 0) is 0 Å². The maximum atomic E-state index is 13.1. The summed E-state index contributed by atoms with van der Waals surface area (Å²) < 4.78 is 39.3. The maximum absolute atomic E-state index is 13.1. The molecule has 0 fully saturated rings. The van der Waals surface area contributed by atoms with Crippen LogP contribution in [0.25, 0.3) is 10.9 Å². The molecular weight excluding hydrogens is 253 g/mol. The highest BCUT2D eigenvalue weighted by molar-refractivity contribution is 5.78. The van der Waals surface area contributed by atoms with E-state index in [4.69, 9.17) is 0 Å². The average molecular weight is 268 g/mol. The Bertz CT molecular complexity index is 564. The molecule has 0 radical (unpaired) electrons. The highest BCUT2D eigenvalue weighted by Gasteiger charge is 2.41. The molecule has 1 unspecified atom stereocenters. The molecule has 1 aromatic carbocycles. The Morgan fingerprint density at radius 3 is 2.42 bits per heavy atom. The van der Waals surface area contributed by atoms with E-state index in [0.29, 0.717) is 5.52 Å². The number of hydrogen-bond acceptors (Lipinski definition) is 2. The van der Waals surface area contributed by atoms with E-state index in [9.17, 15) is 13.2 Å². The van der Waals surface area contributed by atoms with Crippen LogP contribution < -0.4 is 0 Å². The van der Waals surface area contributed by atoms with Gasteiger partial charge in [-0.3, -0.25) is 4.98 Å². The molecule has 0 spiro atoms. The summed E-state index contributed by atoms with van der Waals surface area (Å²) in [6, 6.07) is 10.3. The Kier molecular flexibility index (Phi) is 3.75. The van der Waals surface area contributed by atoms with Gasteiger partial charge in [0.05, 0.1) is 11.2 Å². The molecule has 1 atom stereocenters. The van der Waals surface area contributed by atoms with Crippen molar-refractivity contribution in [2.24, 2.45) is 0 Å². The van der Waals surface area contributed by atoms with Crippen molar-refractivity contribution in [2.45, 2.75) is 12.1 Å². The van der Waals surface area contributed by atoms with Crippen LogP contribution in [-0.4, -0.2) is 36.7 Å². The van der Waals surface area contributed by atoms with Crippen LogP contribution in [0.4, 0.5) is 13.2 Å². The zero-order valence-corrected chi connectivity index (χ0v) is 10.8. The second kappa shape index (κ2) is 5.17. The van der Waals surface area contributed by atoms with Crippen LogP contribution in [0, 0.1) is 0 Å². The van der Waals surface area contributed by atoms with Gasteiger partial charge in [-0.15, -0.1) is 0 Å². The predicted molar refractivity (Wildman–Crippen MR) is 69.1 cm³/mol. The van der Waals surface area contributed by atoms with Crippen molar-refractivity contribution >= 4 is 10.9 Å². The number of hydrogen-bond donors (Lipinski definition) is 0. The number of halogens is 3. The van der Waals surface area contributed by atoms with Crippen molar-refractivity contribution in [1.82, 2.24) is 9.88 Å². The summed E-state index contributed by atoms with van der Waals surface area (Å²) in [6.45, 7) is -0.102. The first-order chi connectivity index (χ1) is 8.88. The van der Waals surface area contributed by atoms with Gasteiger partial charge in [-0.05, 0) is 26.2 Å². The topological polar surface area (TPSA) is 16.1 Å². The SMILES string of the molecule is CN(C)CC(c1ccc2ccccc2n1)C(F)(F)F. The number of fused-ring (bicyclic) bond motifs is 1. The van der Waals surface area contributed by atoms with E-state index in [1.165, 1.54) is 11.0 Å². The Morgan fingerprint density at radius 2 is 1.79 bits per heavy atom. The lowest BCUT2D eigenvalue weighted by Crippen LogP contribution is -2.31. The quantitative estimate of drug-likeness (QED) is 0.847. The van der Waals surface area contributed by atoms with E-state index in [2.05, 4.69) is 4.98 Å². The van der Waals surface area contributed by atoms with Gasteiger partial charge in [0, 0.05) is 11.9 Å². The lowest BCUT2D eigenvalue weighted by atomic mass is 10.0. The van der Waals surface area contributed by atoms with Gasteiger partial charge in [0.1, 0.15) is 5.92 Å². The van der Waals surface area contributed by atoms with Crippen LogP contribution in [0.15, 0.2) is 36.4 Å². The van der Waals surface area contributed by atoms with Crippen LogP contribution in [0.3, 0.4) is 0 Å². The standard InChI is InChI=1S/C14H15F3N2/c1-19(2)9-11(14(15,16)17)13-8-7-10-5-3-4-6-12(10)18-13/h3-8,11H,9H2,1-2H3. The smallest absolute Gasteiger partial charge is 0.308 e. The van der Waals surface area contributed by atoms with E-state index in [-0.39, 0.29) is 12.2 Å². The zero-order chi connectivity index (χ0) is 14.0. The molecule has 0 saturated carbocycles. The van der Waals surface area contributed by atoms with Gasteiger partial charge in [-0.2, -0.15) is 13.2 Å². The van der Waals surface area contributed by atoms with E-state index < -0.39 is 12.1 Å². The van der Waals surface area contributed by atoms with Crippen molar-refractivity contribution in [3.05, 3.63) is 42.1 Å². The summed E-state index contributed by atoms with van der Waals surface area (Å²) in [5.74, 6) is -1.56. The molecule has 2 nitrogen and oxygen atoms in total. The number of para-hydroxylation sites is 1. The Hall–Kier alpha value is -1.62. The maximum Gasteiger partial charge on any atom is 0.398 e. The minimum absolute atomic E-state index is 0.0694. The third-order valence-electron chi connectivity index (χ3n) is 2.92. The summed E-state index contributed by atoms with van der Waals surface area (Å²) in [5, 5.41) is 0.844. The first-order valence-corrected chi connectivity index (χ1v) is 5.95. The van der Waals surface area contributed by atoms with E-state index in [1.54, 1.807) is 32.3 Å². The van der Waals surface area contributed by atoms with Gasteiger partial charge in [0.2, 0.25) is 0 Å². The molecule has 2 aromatic rings. The van der Waals surface area contributed by atoms with Gasteiger partial charge in [-0.1, -0.05) is 24.3 Å². The molecule has 0 aliphatic rings. The molecule has 2 rings (SSSR count). The third kappa shape index (κ3) is 3.23. The van der Waals surface area contributed by atoms with Crippen molar-refractivity contribution in [3.63, 3.8) is 0 Å². The molecule has 0 N–H and O–H groups in total. The van der Waals surface area contributed by atoms with Gasteiger partial charge >= 0.3 is 6.18 Å². The van der Waals surface area contributed by atoms with Gasteiger partial charge < -0.3 is 4.90 Å². The van der Waals surface area contributed by atoms with Crippen LogP contribution in [0.2, 0.25) is 0 Å². The molecule has 0 bridgehead atoms. The molecule has 102 valence electrons. The first-order valence-electron chi connectivity index (χ1n) is 5.95. The van der Waals surface area contributed by atoms with E-state index in [1.807, 2.05) is 12.1 Å². The highest BCUT2D eigenvalue weighted by atomic mass is 19.4. The normalized spacial score (nSPS) is 14.0. The minimum atomic E-state index is -4.29. The van der Waals surface area contributed by atoms with Crippen molar-refractivity contribution in [1.29, 1.82) is 0 Å². The molecule has 5 heteroatoms. The molecule has 0 amide bonds. The Balaban J connectivity index is 2.44. The second-order valence-electron chi connectivity index (χ2n) is 4.79. The highest BCUT2D eigenvalue weighted by Crippen LogP contribution is 2.34. The van der Waals surface area contributed by atoms with Crippen LogP contribution in [0.5, 0.6) is 0 Å². The number of pyridine rings is 1. The molecule has 1 aromatic heterocycles. The largest absolute Gasteiger partial charge is 0.398 e. The first kappa shape index (κ1) is 13.8. The molecule has 19 heavy (non-hydrogen) atoms. The zero-order valence-electron chi connectivity index (χ0n) is 10.8. The van der Waals surface area contributed by atoms with Crippen LogP contribution >= 0.6 is 0 Å². The number of rotatable bonds is 3. The average Bonchev–Trinajstić information content (AvgIpc) is 2.34. The summed E-state index contributed by atoms with van der Waals surface area (Å²) >= 11 is 0. The predicted octanol–water partition coefficient (Wildman–Crippen LogP) is 3.44. The number of likely N-dealkylation sites (N-methyl/N-ethyl adjacent to an activating group) is 1. The van der Waals surface area contributed by atoms with E-state index in [0.717, 1.165) is 5.39 Å². The fourth-order valence-electron chi connectivity index (χ4n) is 2.01. The number of nitrogens with zero attached hydrogens (tertiary/aromatic N) is 2. The Morgan fingerprint density at radius 1 is 1.11 bits per heavy atom. The summed E-state index contributed by atoms with van der Waals surface area (Å²) in [4.78, 5) is 5.67. The summed E-state index contributed by atoms with van der Waals surface area (Å²) in [5.41, 5.74) is 0.660. The fourth-order valence-corrected chi connectivity index (χ4v) is 2.01. The minimum Gasteiger partial charge on any atom is -0.308 e. The molecule has 1 heterocycles. The number of alkyl halides is 3. The molecular formula is C14H15F3N2. The van der Waals surface area contributed by atoms with Crippen molar-refractivity contribution in [3.8, 4) is 0 Å². The lowest BCUT2D eigenvalue weighted by molar-refractivity contribution is -0.154.